The van der Waals surface area contributed by atoms with E-state index in [1.807, 2.05) is 6.34 Å². The lowest BCUT2D eigenvalue weighted by molar-refractivity contribution is -0.118. The van der Waals surface area contributed by atoms with Gasteiger partial charge in [-0.05, 0) is 38.5 Å². The van der Waals surface area contributed by atoms with Gasteiger partial charge >= 0.3 is 0 Å². The molecule has 0 radical (unpaired) electrons. The first-order chi connectivity index (χ1) is 12.3. The quantitative estimate of drug-likeness (QED) is 0.302. The maximum absolute atomic E-state index is 10.6. The number of amides is 1. The zero-order valence-electron chi connectivity index (χ0n) is 16.1. The van der Waals surface area contributed by atoms with Gasteiger partial charge in [-0.3, -0.25) is 9.79 Å². The van der Waals surface area contributed by atoms with Crippen LogP contribution in [0, 0.1) is 0 Å². The van der Waals surface area contributed by atoms with E-state index < -0.39 is 0 Å². The lowest BCUT2D eigenvalue weighted by Gasteiger charge is -2.12. The highest BCUT2D eigenvalue weighted by molar-refractivity contribution is 5.73. The van der Waals surface area contributed by atoms with E-state index in [0.29, 0.717) is 6.42 Å². The molecule has 0 saturated heterocycles. The van der Waals surface area contributed by atoms with Crippen LogP contribution in [0.3, 0.4) is 0 Å². The van der Waals surface area contributed by atoms with E-state index in [2.05, 4.69) is 22.0 Å². The van der Waals surface area contributed by atoms with E-state index in [1.165, 1.54) is 77.2 Å². The van der Waals surface area contributed by atoms with Gasteiger partial charge in [-0.2, -0.15) is 0 Å². The number of carbonyl (C=O) groups is 1. The van der Waals surface area contributed by atoms with Gasteiger partial charge in [0.25, 0.3) is 0 Å². The minimum atomic E-state index is -0.167. The van der Waals surface area contributed by atoms with Gasteiger partial charge in [0.05, 0.1) is 12.9 Å². The minimum absolute atomic E-state index is 0.167. The zero-order chi connectivity index (χ0) is 18.0. The third-order valence-corrected chi connectivity index (χ3v) is 4.79. The molecule has 0 fully saturated rings. The highest BCUT2D eigenvalue weighted by Gasteiger charge is 2.03. The molecule has 0 bridgehead atoms. The lowest BCUT2D eigenvalue weighted by Crippen LogP contribution is -2.20. The number of hydrogen-bond donors (Lipinski definition) is 1. The van der Waals surface area contributed by atoms with Crippen LogP contribution in [0.25, 0.3) is 0 Å². The van der Waals surface area contributed by atoms with Gasteiger partial charge in [0.15, 0.2) is 0 Å². The largest absolute Gasteiger partial charge is 0.370 e. The third-order valence-electron chi connectivity index (χ3n) is 4.79. The van der Waals surface area contributed by atoms with E-state index in [0.717, 1.165) is 25.9 Å². The molecule has 144 valence electrons. The number of rotatable bonds is 17. The number of carbonyl (C=O) groups excluding carboxylic acids is 1. The number of primary amides is 1. The van der Waals surface area contributed by atoms with Crippen molar-refractivity contribution in [2.45, 2.75) is 89.9 Å². The second-order valence-corrected chi connectivity index (χ2v) is 7.21. The molecule has 0 aromatic heterocycles. The van der Waals surface area contributed by atoms with Crippen molar-refractivity contribution in [3.63, 3.8) is 0 Å². The molecule has 1 aliphatic heterocycles. The van der Waals surface area contributed by atoms with Crippen LogP contribution in [0.15, 0.2) is 17.1 Å². The van der Waals surface area contributed by atoms with Gasteiger partial charge in [-0.15, -0.1) is 0 Å². The van der Waals surface area contributed by atoms with Crippen LogP contribution in [-0.2, 0) is 4.79 Å². The summed E-state index contributed by atoms with van der Waals surface area (Å²) < 4.78 is 0. The van der Waals surface area contributed by atoms with Crippen LogP contribution in [-0.4, -0.2) is 36.8 Å². The molecule has 2 N–H and O–H groups in total. The summed E-state index contributed by atoms with van der Waals surface area (Å²) in [7, 11) is 0. The van der Waals surface area contributed by atoms with E-state index in [-0.39, 0.29) is 5.91 Å². The number of nitrogens with two attached hydrogens (primary N) is 1. The fraction of sp³-hybridized carbons (Fsp3) is 0.810. The third kappa shape index (κ3) is 14.7. The molecule has 0 aliphatic carbocycles. The van der Waals surface area contributed by atoms with Crippen LogP contribution < -0.4 is 5.73 Å². The van der Waals surface area contributed by atoms with Crippen molar-refractivity contribution < 1.29 is 4.79 Å². The average molecular weight is 350 g/mol. The van der Waals surface area contributed by atoms with E-state index >= 15 is 0 Å². The first-order valence-electron chi connectivity index (χ1n) is 10.5. The predicted octanol–water partition coefficient (Wildman–Crippen LogP) is 4.83. The van der Waals surface area contributed by atoms with Crippen LogP contribution in [0.5, 0.6) is 0 Å². The second-order valence-electron chi connectivity index (χ2n) is 7.21. The minimum Gasteiger partial charge on any atom is -0.370 e. The summed E-state index contributed by atoms with van der Waals surface area (Å²) in [6, 6.07) is 0. The highest BCUT2D eigenvalue weighted by Crippen LogP contribution is 2.10. The van der Waals surface area contributed by atoms with Gasteiger partial charge in [0, 0.05) is 19.5 Å². The summed E-state index contributed by atoms with van der Waals surface area (Å²) in [6.45, 7) is 3.31. The number of aliphatic imine (C=N–C) groups is 1. The van der Waals surface area contributed by atoms with Gasteiger partial charge < -0.3 is 10.6 Å². The van der Waals surface area contributed by atoms with Gasteiger partial charge in [0.1, 0.15) is 0 Å². The standard InChI is InChI=1S/C21H39N3O/c22-21(25)16-14-12-10-8-6-4-2-1-3-5-7-9-11-13-15-18-24-19-17-23-20-24/h1-2,20H,3-19H2,(H2,22,25)/b2-1-. The van der Waals surface area contributed by atoms with Crippen molar-refractivity contribution in [1.82, 2.24) is 4.90 Å². The SMILES string of the molecule is NC(=O)CCCCCCC/C=C\CCCCCCCCN1C=NCC1. The summed E-state index contributed by atoms with van der Waals surface area (Å²) in [5.74, 6) is -0.167. The molecule has 1 aliphatic rings. The molecule has 4 heteroatoms. The maximum atomic E-state index is 10.6. The number of nitrogens with zero attached hydrogens (tertiary/aromatic N) is 2. The molecule has 0 aromatic carbocycles. The Morgan fingerprint density at radius 1 is 0.880 bits per heavy atom. The lowest BCUT2D eigenvalue weighted by atomic mass is 10.1. The Hall–Kier alpha value is -1.32. The van der Waals surface area contributed by atoms with Crippen LogP contribution in [0.4, 0.5) is 0 Å². The maximum Gasteiger partial charge on any atom is 0.217 e. The Morgan fingerprint density at radius 2 is 1.44 bits per heavy atom. The second kappa shape index (κ2) is 16.2. The molecule has 1 amide bonds. The summed E-state index contributed by atoms with van der Waals surface area (Å²) >= 11 is 0. The topological polar surface area (TPSA) is 58.7 Å². The van der Waals surface area contributed by atoms with Crippen molar-refractivity contribution >= 4 is 12.2 Å². The number of allylic oxidation sites excluding steroid dienone is 2. The molecule has 0 aromatic rings. The van der Waals surface area contributed by atoms with E-state index in [1.54, 1.807) is 0 Å². The van der Waals surface area contributed by atoms with Gasteiger partial charge in [-0.25, -0.2) is 0 Å². The molecule has 0 spiro atoms. The Labute approximate surface area is 154 Å². The Morgan fingerprint density at radius 3 is 2.00 bits per heavy atom. The molecule has 1 heterocycles. The van der Waals surface area contributed by atoms with Crippen LogP contribution >= 0.6 is 0 Å². The Balaban J connectivity index is 1.71. The summed E-state index contributed by atoms with van der Waals surface area (Å²) in [4.78, 5) is 17.2. The molecule has 0 unspecified atom stereocenters. The van der Waals surface area contributed by atoms with Crippen molar-refractivity contribution in [3.8, 4) is 0 Å². The zero-order valence-corrected chi connectivity index (χ0v) is 16.1. The number of unbranched alkanes of at least 4 members (excludes halogenated alkanes) is 11. The molecular formula is C21H39N3O. The molecular weight excluding hydrogens is 310 g/mol. The van der Waals surface area contributed by atoms with E-state index in [4.69, 9.17) is 5.73 Å². The molecule has 1 rings (SSSR count). The highest BCUT2D eigenvalue weighted by atomic mass is 16.1. The summed E-state index contributed by atoms with van der Waals surface area (Å²) in [6.07, 6.45) is 23.7. The summed E-state index contributed by atoms with van der Waals surface area (Å²) in [5, 5.41) is 0. The van der Waals surface area contributed by atoms with E-state index in [9.17, 15) is 4.79 Å². The van der Waals surface area contributed by atoms with Crippen molar-refractivity contribution in [1.29, 1.82) is 0 Å². The van der Waals surface area contributed by atoms with Crippen LogP contribution in [0.1, 0.15) is 89.9 Å². The number of hydrogen-bond acceptors (Lipinski definition) is 3. The smallest absolute Gasteiger partial charge is 0.217 e. The molecule has 0 atom stereocenters. The fourth-order valence-corrected chi connectivity index (χ4v) is 3.20. The first-order valence-corrected chi connectivity index (χ1v) is 10.5. The average Bonchev–Trinajstić information content (AvgIpc) is 3.11. The molecule has 25 heavy (non-hydrogen) atoms. The van der Waals surface area contributed by atoms with Crippen molar-refractivity contribution in [2.24, 2.45) is 10.7 Å². The molecule has 0 saturated carbocycles. The fourth-order valence-electron chi connectivity index (χ4n) is 3.20. The normalized spacial score (nSPS) is 14.0. The van der Waals surface area contributed by atoms with Gasteiger partial charge in [0.2, 0.25) is 5.91 Å². The summed E-state index contributed by atoms with van der Waals surface area (Å²) in [5.41, 5.74) is 5.12. The van der Waals surface area contributed by atoms with Gasteiger partial charge in [-0.1, -0.05) is 57.1 Å². The van der Waals surface area contributed by atoms with Crippen molar-refractivity contribution in [3.05, 3.63) is 12.2 Å². The van der Waals surface area contributed by atoms with Crippen molar-refractivity contribution in [2.75, 3.05) is 19.6 Å². The first kappa shape index (κ1) is 21.7. The Bertz CT molecular complexity index is 379. The Kier molecular flexibility index (Phi) is 14.0. The predicted molar refractivity (Wildman–Crippen MR) is 108 cm³/mol. The molecule has 4 nitrogen and oxygen atoms in total. The monoisotopic (exact) mass is 349 g/mol. The van der Waals surface area contributed by atoms with Crippen LogP contribution in [0.2, 0.25) is 0 Å².